The van der Waals surface area contributed by atoms with Gasteiger partial charge in [-0.2, -0.15) is 0 Å². The first-order valence-corrected chi connectivity index (χ1v) is 7.94. The van der Waals surface area contributed by atoms with Gasteiger partial charge in [0.25, 0.3) is 0 Å². The molecule has 0 unspecified atom stereocenters. The number of aryl methyl sites for hydroxylation is 1. The molecule has 1 amide bonds. The zero-order valence-corrected chi connectivity index (χ0v) is 13.2. The quantitative estimate of drug-likeness (QED) is 0.828. The number of amides is 1. The second-order valence-electron chi connectivity index (χ2n) is 5.81. The van der Waals surface area contributed by atoms with Crippen molar-refractivity contribution in [3.63, 3.8) is 0 Å². The van der Waals surface area contributed by atoms with Crippen molar-refractivity contribution in [1.82, 2.24) is 20.1 Å². The van der Waals surface area contributed by atoms with Crippen LogP contribution in [0.3, 0.4) is 0 Å². The van der Waals surface area contributed by atoms with Crippen LogP contribution in [0.1, 0.15) is 54.2 Å². The number of ketones is 1. The van der Waals surface area contributed by atoms with E-state index in [1.165, 1.54) is 0 Å². The van der Waals surface area contributed by atoms with Crippen LogP contribution in [0.15, 0.2) is 30.3 Å². The van der Waals surface area contributed by atoms with Crippen LogP contribution in [-0.4, -0.2) is 26.5 Å². The Hall–Kier alpha value is -2.50. The topological polar surface area (TPSA) is 76.9 Å². The Bertz CT molecular complexity index is 709. The Morgan fingerprint density at radius 1 is 1.22 bits per heavy atom. The number of rotatable bonds is 6. The molecular weight excluding hydrogens is 292 g/mol. The van der Waals surface area contributed by atoms with Crippen molar-refractivity contribution in [3.05, 3.63) is 47.5 Å². The van der Waals surface area contributed by atoms with Crippen LogP contribution in [0.25, 0.3) is 0 Å². The number of aromatic nitrogens is 3. The summed E-state index contributed by atoms with van der Waals surface area (Å²) in [6, 6.07) is 8.84. The molecule has 1 aliphatic heterocycles. The highest BCUT2D eigenvalue weighted by Crippen LogP contribution is 2.19. The number of carbonyl (C=O) groups is 2. The number of benzene rings is 1. The van der Waals surface area contributed by atoms with Crippen molar-refractivity contribution >= 4 is 11.7 Å². The summed E-state index contributed by atoms with van der Waals surface area (Å²) >= 11 is 0. The molecule has 0 saturated heterocycles. The Morgan fingerprint density at radius 3 is 2.78 bits per heavy atom. The summed E-state index contributed by atoms with van der Waals surface area (Å²) in [5.74, 6) is 1.62. The van der Waals surface area contributed by atoms with Crippen LogP contribution >= 0.6 is 0 Å². The van der Waals surface area contributed by atoms with Crippen LogP contribution in [0, 0.1) is 0 Å². The standard InChI is InChI=1S/C17H20N4O2/c1-12(17-20-19-15-8-5-11-21(15)17)18-16(23)10-9-14(22)13-6-3-2-4-7-13/h2-4,6-7,12H,5,8-11H2,1H3,(H,18,23)/t12-/m0/s1. The Morgan fingerprint density at radius 2 is 2.00 bits per heavy atom. The summed E-state index contributed by atoms with van der Waals surface area (Å²) < 4.78 is 2.07. The molecule has 0 aliphatic carbocycles. The lowest BCUT2D eigenvalue weighted by Gasteiger charge is -2.13. The van der Waals surface area contributed by atoms with Gasteiger partial charge < -0.3 is 9.88 Å². The van der Waals surface area contributed by atoms with Gasteiger partial charge in [0, 0.05) is 31.4 Å². The van der Waals surface area contributed by atoms with E-state index < -0.39 is 0 Å². The van der Waals surface area contributed by atoms with E-state index in [9.17, 15) is 9.59 Å². The lowest BCUT2D eigenvalue weighted by Crippen LogP contribution is -2.29. The zero-order valence-electron chi connectivity index (χ0n) is 13.2. The molecule has 1 aliphatic rings. The normalized spacial score (nSPS) is 14.3. The number of nitrogens with one attached hydrogen (secondary N) is 1. The first kappa shape index (κ1) is 15.4. The minimum absolute atomic E-state index is 0.0169. The summed E-state index contributed by atoms with van der Waals surface area (Å²) in [6.45, 7) is 2.80. The maximum Gasteiger partial charge on any atom is 0.221 e. The van der Waals surface area contributed by atoms with Crippen LogP contribution in [0.2, 0.25) is 0 Å². The molecule has 120 valence electrons. The zero-order chi connectivity index (χ0) is 16.2. The fourth-order valence-electron chi connectivity index (χ4n) is 2.87. The molecule has 0 bridgehead atoms. The molecule has 1 atom stereocenters. The van der Waals surface area contributed by atoms with Gasteiger partial charge in [0.2, 0.25) is 5.91 Å². The summed E-state index contributed by atoms with van der Waals surface area (Å²) in [6.07, 6.45) is 2.41. The number of hydrogen-bond acceptors (Lipinski definition) is 4. The molecule has 1 N–H and O–H groups in total. The van der Waals surface area contributed by atoms with E-state index in [0.29, 0.717) is 5.56 Å². The smallest absolute Gasteiger partial charge is 0.221 e. The Labute approximate surface area is 134 Å². The first-order valence-electron chi connectivity index (χ1n) is 7.94. The predicted octanol–water partition coefficient (Wildman–Crippen LogP) is 2.06. The van der Waals surface area contributed by atoms with Gasteiger partial charge in [0.1, 0.15) is 5.82 Å². The van der Waals surface area contributed by atoms with Gasteiger partial charge in [-0.25, -0.2) is 0 Å². The highest BCUT2D eigenvalue weighted by molar-refractivity contribution is 5.97. The second-order valence-corrected chi connectivity index (χ2v) is 5.81. The first-order chi connectivity index (χ1) is 11.1. The number of Topliss-reactive ketones (excluding diaryl/α,β-unsaturated/α-hetero) is 1. The molecule has 2 heterocycles. The second kappa shape index (κ2) is 6.73. The van der Waals surface area contributed by atoms with E-state index in [4.69, 9.17) is 0 Å². The fourth-order valence-corrected chi connectivity index (χ4v) is 2.87. The predicted molar refractivity (Wildman–Crippen MR) is 84.9 cm³/mol. The highest BCUT2D eigenvalue weighted by Gasteiger charge is 2.22. The monoisotopic (exact) mass is 312 g/mol. The van der Waals surface area contributed by atoms with E-state index >= 15 is 0 Å². The molecule has 3 rings (SSSR count). The number of nitrogens with zero attached hydrogens (tertiary/aromatic N) is 3. The largest absolute Gasteiger partial charge is 0.346 e. The van der Waals surface area contributed by atoms with Crippen molar-refractivity contribution in [2.45, 2.75) is 45.2 Å². The van der Waals surface area contributed by atoms with Crippen LogP contribution in [-0.2, 0) is 17.8 Å². The van der Waals surface area contributed by atoms with Gasteiger partial charge in [0.15, 0.2) is 11.6 Å². The van der Waals surface area contributed by atoms with Crippen LogP contribution in [0.4, 0.5) is 0 Å². The summed E-state index contributed by atoms with van der Waals surface area (Å²) in [5.41, 5.74) is 0.642. The van der Waals surface area contributed by atoms with Crippen LogP contribution < -0.4 is 5.32 Å². The maximum absolute atomic E-state index is 12.1. The number of hydrogen-bond donors (Lipinski definition) is 1. The molecule has 1 aromatic carbocycles. The van der Waals surface area contributed by atoms with E-state index in [0.717, 1.165) is 31.0 Å². The molecule has 6 heteroatoms. The SMILES string of the molecule is C[C@H](NC(=O)CCC(=O)c1ccccc1)c1nnc2n1CCC2. The molecule has 0 radical (unpaired) electrons. The summed E-state index contributed by atoms with van der Waals surface area (Å²) in [4.78, 5) is 24.1. The Kier molecular flexibility index (Phi) is 4.50. The van der Waals surface area contributed by atoms with Crippen molar-refractivity contribution in [2.24, 2.45) is 0 Å². The van der Waals surface area contributed by atoms with Gasteiger partial charge in [-0.15, -0.1) is 10.2 Å². The van der Waals surface area contributed by atoms with Gasteiger partial charge in [-0.3, -0.25) is 9.59 Å². The van der Waals surface area contributed by atoms with E-state index in [-0.39, 0.29) is 30.6 Å². The minimum Gasteiger partial charge on any atom is -0.346 e. The molecule has 0 spiro atoms. The van der Waals surface area contributed by atoms with Crippen molar-refractivity contribution < 1.29 is 9.59 Å². The average molecular weight is 312 g/mol. The average Bonchev–Trinajstić information content (AvgIpc) is 3.16. The van der Waals surface area contributed by atoms with Crippen LogP contribution in [0.5, 0.6) is 0 Å². The summed E-state index contributed by atoms with van der Waals surface area (Å²) in [5, 5.41) is 11.2. The van der Waals surface area contributed by atoms with E-state index in [2.05, 4.69) is 20.1 Å². The van der Waals surface area contributed by atoms with Gasteiger partial charge in [-0.05, 0) is 13.3 Å². The Balaban J connectivity index is 1.52. The van der Waals surface area contributed by atoms with Crippen molar-refractivity contribution in [2.75, 3.05) is 0 Å². The minimum atomic E-state index is -0.200. The molecule has 2 aromatic rings. The highest BCUT2D eigenvalue weighted by atomic mass is 16.2. The third-order valence-corrected chi connectivity index (χ3v) is 4.08. The molecule has 6 nitrogen and oxygen atoms in total. The lowest BCUT2D eigenvalue weighted by molar-refractivity contribution is -0.121. The van der Waals surface area contributed by atoms with E-state index in [1.54, 1.807) is 12.1 Å². The molecular formula is C17H20N4O2. The number of carbonyl (C=O) groups excluding carboxylic acids is 2. The lowest BCUT2D eigenvalue weighted by atomic mass is 10.1. The van der Waals surface area contributed by atoms with Gasteiger partial charge in [-0.1, -0.05) is 30.3 Å². The molecule has 1 aromatic heterocycles. The molecule has 23 heavy (non-hydrogen) atoms. The van der Waals surface area contributed by atoms with E-state index in [1.807, 2.05) is 25.1 Å². The molecule has 0 fully saturated rings. The van der Waals surface area contributed by atoms with Gasteiger partial charge in [0.05, 0.1) is 6.04 Å². The molecule has 0 saturated carbocycles. The summed E-state index contributed by atoms with van der Waals surface area (Å²) in [7, 11) is 0. The third kappa shape index (κ3) is 3.47. The van der Waals surface area contributed by atoms with Gasteiger partial charge >= 0.3 is 0 Å². The number of fused-ring (bicyclic) bond motifs is 1. The van der Waals surface area contributed by atoms with Crippen molar-refractivity contribution in [3.8, 4) is 0 Å². The van der Waals surface area contributed by atoms with Crippen molar-refractivity contribution in [1.29, 1.82) is 0 Å². The fraction of sp³-hybridized carbons (Fsp3) is 0.412. The maximum atomic E-state index is 12.1. The third-order valence-electron chi connectivity index (χ3n) is 4.08.